The van der Waals surface area contributed by atoms with Crippen molar-refractivity contribution in [3.05, 3.63) is 23.3 Å². The molecule has 1 unspecified atom stereocenters. The first-order chi connectivity index (χ1) is 9.05. The minimum absolute atomic E-state index is 0.112. The number of rotatable bonds is 4. The third-order valence-electron chi connectivity index (χ3n) is 3.26. The van der Waals surface area contributed by atoms with Crippen molar-refractivity contribution in [3.63, 3.8) is 0 Å². The standard InChI is InChI=1S/C14H19NO4/c1-8-4-9-5-13(17-2)10(6-12(9)19-8)11(15)7-14(16)18-3/h5-6,8,11H,4,7,15H2,1-3H3/t8?,11-/m1/s1. The fourth-order valence-electron chi connectivity index (χ4n) is 2.29. The van der Waals surface area contributed by atoms with E-state index in [2.05, 4.69) is 4.74 Å². The molecule has 0 aromatic heterocycles. The van der Waals surface area contributed by atoms with E-state index in [0.717, 1.165) is 23.3 Å². The highest BCUT2D eigenvalue weighted by atomic mass is 16.5. The Morgan fingerprint density at radius 1 is 1.53 bits per heavy atom. The van der Waals surface area contributed by atoms with E-state index in [4.69, 9.17) is 15.2 Å². The maximum atomic E-state index is 11.3. The van der Waals surface area contributed by atoms with E-state index in [9.17, 15) is 4.79 Å². The predicted octanol–water partition coefficient (Wildman–Crippen LogP) is 1.58. The molecule has 1 aliphatic rings. The van der Waals surface area contributed by atoms with Gasteiger partial charge in [0.15, 0.2) is 0 Å². The van der Waals surface area contributed by atoms with Gasteiger partial charge < -0.3 is 19.9 Å². The summed E-state index contributed by atoms with van der Waals surface area (Å²) in [5, 5.41) is 0. The molecule has 0 radical (unpaired) electrons. The SMILES string of the molecule is COC(=O)C[C@@H](N)c1cc2c(cc1OC)CC(C)O2. The average Bonchev–Trinajstić information content (AvgIpc) is 2.75. The van der Waals surface area contributed by atoms with E-state index >= 15 is 0 Å². The molecule has 0 aliphatic carbocycles. The molecule has 1 heterocycles. The molecule has 0 amide bonds. The third-order valence-corrected chi connectivity index (χ3v) is 3.26. The second-order valence-electron chi connectivity index (χ2n) is 4.72. The number of carbonyl (C=O) groups excluding carboxylic acids is 1. The lowest BCUT2D eigenvalue weighted by molar-refractivity contribution is -0.141. The van der Waals surface area contributed by atoms with Gasteiger partial charge in [0.05, 0.1) is 20.6 Å². The van der Waals surface area contributed by atoms with E-state index in [1.54, 1.807) is 7.11 Å². The Balaban J connectivity index is 2.29. The van der Waals surface area contributed by atoms with E-state index < -0.39 is 6.04 Å². The van der Waals surface area contributed by atoms with Crippen LogP contribution in [-0.4, -0.2) is 26.3 Å². The number of hydrogen-bond donors (Lipinski definition) is 1. The quantitative estimate of drug-likeness (QED) is 0.837. The van der Waals surface area contributed by atoms with Crippen molar-refractivity contribution in [2.24, 2.45) is 5.73 Å². The van der Waals surface area contributed by atoms with Crippen LogP contribution in [0.2, 0.25) is 0 Å². The summed E-state index contributed by atoms with van der Waals surface area (Å²) < 4.78 is 15.7. The van der Waals surface area contributed by atoms with Crippen LogP contribution in [0.25, 0.3) is 0 Å². The molecule has 0 bridgehead atoms. The number of ether oxygens (including phenoxy) is 3. The smallest absolute Gasteiger partial charge is 0.307 e. The van der Waals surface area contributed by atoms with Crippen LogP contribution in [0.3, 0.4) is 0 Å². The Morgan fingerprint density at radius 3 is 2.89 bits per heavy atom. The van der Waals surface area contributed by atoms with Crippen molar-refractivity contribution in [1.82, 2.24) is 0 Å². The molecule has 19 heavy (non-hydrogen) atoms. The number of carbonyl (C=O) groups is 1. The van der Waals surface area contributed by atoms with E-state index in [0.29, 0.717) is 5.75 Å². The molecule has 2 rings (SSSR count). The third kappa shape index (κ3) is 2.81. The zero-order valence-corrected chi connectivity index (χ0v) is 11.4. The maximum absolute atomic E-state index is 11.3. The van der Waals surface area contributed by atoms with Crippen LogP contribution in [0.5, 0.6) is 11.5 Å². The minimum atomic E-state index is -0.466. The van der Waals surface area contributed by atoms with Crippen molar-refractivity contribution < 1.29 is 19.0 Å². The molecule has 2 atom stereocenters. The van der Waals surface area contributed by atoms with Gasteiger partial charge in [0.2, 0.25) is 0 Å². The van der Waals surface area contributed by atoms with Crippen LogP contribution in [-0.2, 0) is 16.0 Å². The van der Waals surface area contributed by atoms with Gasteiger partial charge in [-0.15, -0.1) is 0 Å². The summed E-state index contributed by atoms with van der Waals surface area (Å²) in [4.78, 5) is 11.3. The molecule has 0 saturated heterocycles. The Bertz CT molecular complexity index is 487. The Labute approximate surface area is 112 Å². The molecule has 1 aromatic rings. The van der Waals surface area contributed by atoms with Crippen molar-refractivity contribution >= 4 is 5.97 Å². The molecule has 5 nitrogen and oxygen atoms in total. The van der Waals surface area contributed by atoms with Crippen LogP contribution in [0, 0.1) is 0 Å². The summed E-state index contributed by atoms with van der Waals surface area (Å²) in [6, 6.07) is 3.34. The van der Waals surface area contributed by atoms with Gasteiger partial charge in [0.25, 0.3) is 0 Å². The van der Waals surface area contributed by atoms with Crippen molar-refractivity contribution in [1.29, 1.82) is 0 Å². The number of esters is 1. The molecule has 2 N–H and O–H groups in total. The number of benzene rings is 1. The zero-order chi connectivity index (χ0) is 14.0. The Morgan fingerprint density at radius 2 is 2.26 bits per heavy atom. The van der Waals surface area contributed by atoms with Crippen LogP contribution in [0.15, 0.2) is 12.1 Å². The first-order valence-electron chi connectivity index (χ1n) is 6.25. The molecule has 0 spiro atoms. The zero-order valence-electron chi connectivity index (χ0n) is 11.4. The number of methoxy groups -OCH3 is 2. The van der Waals surface area contributed by atoms with Gasteiger partial charge in [-0.25, -0.2) is 0 Å². The fraction of sp³-hybridized carbons (Fsp3) is 0.500. The summed E-state index contributed by atoms with van der Waals surface area (Å²) in [7, 11) is 2.94. The van der Waals surface area contributed by atoms with E-state index in [1.807, 2.05) is 19.1 Å². The lowest BCUT2D eigenvalue weighted by Crippen LogP contribution is -2.17. The van der Waals surface area contributed by atoms with Gasteiger partial charge in [-0.1, -0.05) is 0 Å². The van der Waals surface area contributed by atoms with E-state index in [1.165, 1.54) is 7.11 Å². The predicted molar refractivity (Wildman–Crippen MR) is 70.3 cm³/mol. The van der Waals surface area contributed by atoms with Gasteiger partial charge in [0.1, 0.15) is 17.6 Å². The van der Waals surface area contributed by atoms with Crippen LogP contribution in [0.1, 0.15) is 30.5 Å². The summed E-state index contributed by atoms with van der Waals surface area (Å²) in [5.74, 6) is 1.17. The van der Waals surface area contributed by atoms with Crippen LogP contribution >= 0.6 is 0 Å². The average molecular weight is 265 g/mol. The summed E-state index contributed by atoms with van der Waals surface area (Å²) in [6.07, 6.45) is 1.13. The number of hydrogen-bond acceptors (Lipinski definition) is 5. The van der Waals surface area contributed by atoms with E-state index in [-0.39, 0.29) is 18.5 Å². The summed E-state index contributed by atoms with van der Waals surface area (Å²) >= 11 is 0. The highest BCUT2D eigenvalue weighted by molar-refractivity contribution is 5.70. The van der Waals surface area contributed by atoms with Crippen molar-refractivity contribution in [2.45, 2.75) is 31.9 Å². The number of fused-ring (bicyclic) bond motifs is 1. The monoisotopic (exact) mass is 265 g/mol. The molecular weight excluding hydrogens is 246 g/mol. The van der Waals surface area contributed by atoms with Gasteiger partial charge in [0, 0.05) is 23.6 Å². The normalized spacial score (nSPS) is 18.4. The molecule has 1 aliphatic heterocycles. The Kier molecular flexibility index (Phi) is 3.95. The minimum Gasteiger partial charge on any atom is -0.496 e. The largest absolute Gasteiger partial charge is 0.496 e. The fourth-order valence-corrected chi connectivity index (χ4v) is 2.29. The van der Waals surface area contributed by atoms with Gasteiger partial charge in [-0.3, -0.25) is 4.79 Å². The molecule has 0 saturated carbocycles. The molecule has 0 fully saturated rings. The van der Waals surface area contributed by atoms with Crippen LogP contribution in [0.4, 0.5) is 0 Å². The van der Waals surface area contributed by atoms with Crippen molar-refractivity contribution in [2.75, 3.05) is 14.2 Å². The number of nitrogens with two attached hydrogens (primary N) is 1. The topological polar surface area (TPSA) is 70.8 Å². The lowest BCUT2D eigenvalue weighted by Gasteiger charge is -2.16. The Hall–Kier alpha value is -1.75. The summed E-state index contributed by atoms with van der Waals surface area (Å²) in [6.45, 7) is 2.01. The van der Waals surface area contributed by atoms with Crippen molar-refractivity contribution in [3.8, 4) is 11.5 Å². The van der Waals surface area contributed by atoms with Gasteiger partial charge >= 0.3 is 5.97 Å². The van der Waals surface area contributed by atoms with Gasteiger partial charge in [-0.05, 0) is 19.1 Å². The molecule has 104 valence electrons. The highest BCUT2D eigenvalue weighted by Crippen LogP contribution is 2.37. The maximum Gasteiger partial charge on any atom is 0.307 e. The second kappa shape index (κ2) is 5.48. The lowest BCUT2D eigenvalue weighted by atomic mass is 10.00. The molecular formula is C14H19NO4. The highest BCUT2D eigenvalue weighted by Gasteiger charge is 2.24. The molecule has 5 heteroatoms. The summed E-state index contributed by atoms with van der Waals surface area (Å²) in [5.41, 5.74) is 7.91. The molecule has 1 aromatic carbocycles. The van der Waals surface area contributed by atoms with Gasteiger partial charge in [-0.2, -0.15) is 0 Å². The van der Waals surface area contributed by atoms with Crippen LogP contribution < -0.4 is 15.2 Å². The first-order valence-corrected chi connectivity index (χ1v) is 6.25. The second-order valence-corrected chi connectivity index (χ2v) is 4.72. The first kappa shape index (κ1) is 13.7.